The molecule has 1 atom stereocenters. The summed E-state index contributed by atoms with van der Waals surface area (Å²) in [7, 11) is 1.85. The zero-order chi connectivity index (χ0) is 16.0. The Kier molecular flexibility index (Phi) is 3.62. The molecule has 3 heterocycles. The second kappa shape index (κ2) is 5.65. The number of rotatable bonds is 2. The molecule has 0 amide bonds. The smallest absolute Gasteiger partial charge is 0.278 e. The van der Waals surface area contributed by atoms with Gasteiger partial charge in [-0.05, 0) is 39.0 Å². The number of nitrogens with zero attached hydrogens (tertiary/aromatic N) is 4. The highest BCUT2D eigenvalue weighted by Gasteiger charge is 2.27. The lowest BCUT2D eigenvalue weighted by Gasteiger charge is -2.33. The quantitative estimate of drug-likeness (QED) is 0.925. The SMILES string of the molecule is CC1CCCCN1c1nc2c(C3CCCC3)nn(C)c2c(=O)[nH]1. The van der Waals surface area contributed by atoms with Crippen molar-refractivity contribution < 1.29 is 0 Å². The van der Waals surface area contributed by atoms with E-state index in [0.29, 0.717) is 17.5 Å². The van der Waals surface area contributed by atoms with Crippen LogP contribution in [0.15, 0.2) is 4.79 Å². The Hall–Kier alpha value is -1.85. The number of aryl methyl sites for hydroxylation is 1. The van der Waals surface area contributed by atoms with Crippen LogP contribution in [0.4, 0.5) is 5.95 Å². The predicted molar refractivity (Wildman–Crippen MR) is 91.0 cm³/mol. The van der Waals surface area contributed by atoms with Crippen LogP contribution in [0.2, 0.25) is 0 Å². The fourth-order valence-corrected chi connectivity index (χ4v) is 4.22. The van der Waals surface area contributed by atoms with Crippen molar-refractivity contribution in [3.63, 3.8) is 0 Å². The van der Waals surface area contributed by atoms with Gasteiger partial charge in [-0.15, -0.1) is 0 Å². The topological polar surface area (TPSA) is 66.8 Å². The number of fused-ring (bicyclic) bond motifs is 1. The molecule has 0 bridgehead atoms. The summed E-state index contributed by atoms with van der Waals surface area (Å²) in [6.07, 6.45) is 8.40. The molecule has 1 N–H and O–H groups in total. The van der Waals surface area contributed by atoms with Crippen molar-refractivity contribution in [1.82, 2.24) is 19.7 Å². The summed E-state index contributed by atoms with van der Waals surface area (Å²) in [6, 6.07) is 0.427. The predicted octanol–water partition coefficient (Wildman–Crippen LogP) is 2.69. The van der Waals surface area contributed by atoms with E-state index in [1.54, 1.807) is 4.68 Å². The summed E-state index contributed by atoms with van der Waals surface area (Å²) in [6.45, 7) is 3.18. The molecule has 1 unspecified atom stereocenters. The number of nitrogens with one attached hydrogen (secondary N) is 1. The van der Waals surface area contributed by atoms with Gasteiger partial charge in [0.1, 0.15) is 5.52 Å². The van der Waals surface area contributed by atoms with Crippen molar-refractivity contribution in [2.45, 2.75) is 63.8 Å². The fourth-order valence-electron chi connectivity index (χ4n) is 4.22. The average molecular weight is 315 g/mol. The Morgan fingerprint density at radius 2 is 1.87 bits per heavy atom. The Morgan fingerprint density at radius 3 is 2.61 bits per heavy atom. The molecule has 1 saturated carbocycles. The Bertz CT molecular complexity index is 771. The van der Waals surface area contributed by atoms with Gasteiger partial charge in [0.25, 0.3) is 5.56 Å². The van der Waals surface area contributed by atoms with Crippen molar-refractivity contribution in [2.24, 2.45) is 7.05 Å². The van der Waals surface area contributed by atoms with Crippen LogP contribution < -0.4 is 10.5 Å². The van der Waals surface area contributed by atoms with Crippen LogP contribution in [0.1, 0.15) is 63.5 Å². The molecule has 2 fully saturated rings. The normalized spacial score (nSPS) is 23.0. The van der Waals surface area contributed by atoms with E-state index < -0.39 is 0 Å². The second-order valence-electron chi connectivity index (χ2n) is 7.12. The lowest BCUT2D eigenvalue weighted by atomic mass is 10.0. The zero-order valence-corrected chi connectivity index (χ0v) is 14.0. The van der Waals surface area contributed by atoms with Crippen molar-refractivity contribution >= 4 is 17.0 Å². The van der Waals surface area contributed by atoms with E-state index in [4.69, 9.17) is 4.98 Å². The highest BCUT2D eigenvalue weighted by Crippen LogP contribution is 2.36. The summed E-state index contributed by atoms with van der Waals surface area (Å²) in [5.74, 6) is 1.18. The van der Waals surface area contributed by atoms with Crippen molar-refractivity contribution in [2.75, 3.05) is 11.4 Å². The summed E-state index contributed by atoms with van der Waals surface area (Å²) in [5, 5.41) is 4.65. The minimum absolute atomic E-state index is 0.0676. The molecule has 124 valence electrons. The monoisotopic (exact) mass is 315 g/mol. The number of aromatic nitrogens is 4. The van der Waals surface area contributed by atoms with Crippen molar-refractivity contribution in [3.05, 3.63) is 16.0 Å². The molecule has 0 aromatic carbocycles. The lowest BCUT2D eigenvalue weighted by Crippen LogP contribution is -2.39. The van der Waals surface area contributed by atoms with Gasteiger partial charge in [-0.3, -0.25) is 14.5 Å². The maximum atomic E-state index is 12.6. The molecule has 4 rings (SSSR count). The first-order valence-electron chi connectivity index (χ1n) is 8.88. The summed E-state index contributed by atoms with van der Waals surface area (Å²) < 4.78 is 1.71. The highest BCUT2D eigenvalue weighted by atomic mass is 16.1. The number of hydrogen-bond acceptors (Lipinski definition) is 4. The molecule has 2 aromatic heterocycles. The first kappa shape index (κ1) is 14.7. The molecule has 23 heavy (non-hydrogen) atoms. The van der Waals surface area contributed by atoms with Gasteiger partial charge in [0.05, 0.1) is 5.69 Å². The molecule has 2 aromatic rings. The van der Waals surface area contributed by atoms with E-state index in [0.717, 1.165) is 49.4 Å². The van der Waals surface area contributed by atoms with E-state index >= 15 is 0 Å². The van der Waals surface area contributed by atoms with Gasteiger partial charge in [0, 0.05) is 25.6 Å². The first-order valence-corrected chi connectivity index (χ1v) is 8.88. The summed E-state index contributed by atoms with van der Waals surface area (Å²) >= 11 is 0. The molecule has 0 radical (unpaired) electrons. The van der Waals surface area contributed by atoms with Crippen LogP contribution in [0, 0.1) is 0 Å². The Balaban J connectivity index is 1.84. The fraction of sp³-hybridized carbons (Fsp3) is 0.706. The van der Waals surface area contributed by atoms with Crippen LogP contribution in [0.3, 0.4) is 0 Å². The van der Waals surface area contributed by atoms with Gasteiger partial charge in [-0.25, -0.2) is 4.98 Å². The van der Waals surface area contributed by atoms with E-state index in [9.17, 15) is 4.79 Å². The zero-order valence-electron chi connectivity index (χ0n) is 14.0. The van der Waals surface area contributed by atoms with Crippen LogP contribution in [0.5, 0.6) is 0 Å². The van der Waals surface area contributed by atoms with Crippen molar-refractivity contribution in [3.8, 4) is 0 Å². The second-order valence-corrected chi connectivity index (χ2v) is 7.12. The van der Waals surface area contributed by atoms with Gasteiger partial charge in [-0.2, -0.15) is 5.10 Å². The van der Waals surface area contributed by atoms with Crippen LogP contribution in [-0.2, 0) is 7.05 Å². The lowest BCUT2D eigenvalue weighted by molar-refractivity contribution is 0.477. The molecule has 1 saturated heterocycles. The van der Waals surface area contributed by atoms with Gasteiger partial charge >= 0.3 is 0 Å². The maximum absolute atomic E-state index is 12.6. The van der Waals surface area contributed by atoms with Crippen LogP contribution in [0.25, 0.3) is 11.0 Å². The minimum Gasteiger partial charge on any atom is -0.340 e. The van der Waals surface area contributed by atoms with E-state index in [-0.39, 0.29) is 5.56 Å². The molecule has 1 aliphatic heterocycles. The molecule has 2 aliphatic rings. The average Bonchev–Trinajstić information content (AvgIpc) is 3.16. The summed E-state index contributed by atoms with van der Waals surface area (Å²) in [5.41, 5.74) is 2.38. The molecular formula is C17H25N5O. The number of aromatic amines is 1. The van der Waals surface area contributed by atoms with Gasteiger partial charge < -0.3 is 4.90 Å². The third-order valence-corrected chi connectivity index (χ3v) is 5.52. The largest absolute Gasteiger partial charge is 0.340 e. The molecule has 1 aliphatic carbocycles. The van der Waals surface area contributed by atoms with Gasteiger partial charge in [-0.1, -0.05) is 12.8 Å². The Labute approximate surface area is 135 Å². The molecule has 0 spiro atoms. The Morgan fingerprint density at radius 1 is 1.13 bits per heavy atom. The molecular weight excluding hydrogens is 290 g/mol. The molecule has 6 nitrogen and oxygen atoms in total. The highest BCUT2D eigenvalue weighted by molar-refractivity contribution is 5.78. The van der Waals surface area contributed by atoms with E-state index in [1.807, 2.05) is 7.05 Å². The van der Waals surface area contributed by atoms with Gasteiger partial charge in [0.2, 0.25) is 5.95 Å². The van der Waals surface area contributed by atoms with E-state index in [1.165, 1.54) is 19.3 Å². The summed E-state index contributed by atoms with van der Waals surface area (Å²) in [4.78, 5) is 22.7. The van der Waals surface area contributed by atoms with E-state index in [2.05, 4.69) is 21.9 Å². The molecule has 6 heteroatoms. The van der Waals surface area contributed by atoms with Crippen LogP contribution >= 0.6 is 0 Å². The van der Waals surface area contributed by atoms with Crippen molar-refractivity contribution in [1.29, 1.82) is 0 Å². The minimum atomic E-state index is -0.0676. The first-order chi connectivity index (χ1) is 11.1. The number of piperidine rings is 1. The van der Waals surface area contributed by atoms with Crippen LogP contribution in [-0.4, -0.2) is 32.3 Å². The maximum Gasteiger partial charge on any atom is 0.278 e. The third kappa shape index (κ3) is 2.44. The van der Waals surface area contributed by atoms with Gasteiger partial charge in [0.15, 0.2) is 5.52 Å². The standard InChI is InChI=1S/C17H25N5O/c1-11-7-5-6-10-22(11)17-18-14-13(12-8-3-4-9-12)20-21(2)15(14)16(23)19-17/h11-12H,3-10H2,1-2H3,(H,18,19,23). The third-order valence-electron chi connectivity index (χ3n) is 5.52. The number of H-pyrrole nitrogens is 1. The number of anilines is 1. The number of hydrogen-bond donors (Lipinski definition) is 1.